The number of nitrogens with one attached hydrogen (secondary N) is 1. The van der Waals surface area contributed by atoms with E-state index in [1.807, 2.05) is 0 Å². The Bertz CT molecular complexity index is 1250. The van der Waals surface area contributed by atoms with Crippen molar-refractivity contribution in [3.63, 3.8) is 0 Å². The lowest BCUT2D eigenvalue weighted by Crippen LogP contribution is -2.37. The van der Waals surface area contributed by atoms with E-state index in [0.29, 0.717) is 16.7 Å². The Balaban J connectivity index is 1.43. The van der Waals surface area contributed by atoms with E-state index < -0.39 is 35.8 Å². The molecule has 4 rings (SSSR count). The van der Waals surface area contributed by atoms with Crippen LogP contribution < -0.4 is 10.2 Å². The van der Waals surface area contributed by atoms with Crippen molar-refractivity contribution < 1.29 is 28.3 Å². The van der Waals surface area contributed by atoms with Gasteiger partial charge in [-0.3, -0.25) is 14.4 Å². The molecule has 1 heterocycles. The van der Waals surface area contributed by atoms with Gasteiger partial charge in [0.2, 0.25) is 0 Å². The Morgan fingerprint density at radius 3 is 2.12 bits per heavy atom. The van der Waals surface area contributed by atoms with Crippen LogP contribution >= 0.6 is 0 Å². The number of carbonyl (C=O) groups excluding carboxylic acids is 4. The summed E-state index contributed by atoms with van der Waals surface area (Å²) in [5.74, 6) is -2.65. The minimum Gasteiger partial charge on any atom is -0.449 e. The number of esters is 1. The molecule has 2 atom stereocenters. The maximum atomic E-state index is 13.1. The van der Waals surface area contributed by atoms with Gasteiger partial charge in [-0.05, 0) is 61.9 Å². The molecule has 0 saturated heterocycles. The molecule has 1 aliphatic rings. The molecular weight excluding hydrogens is 439 g/mol. The quantitative estimate of drug-likeness (QED) is 0.443. The summed E-state index contributed by atoms with van der Waals surface area (Å²) >= 11 is 0. The molecule has 1 N–H and O–H groups in total. The lowest BCUT2D eigenvalue weighted by Gasteiger charge is -2.19. The van der Waals surface area contributed by atoms with Crippen LogP contribution in [-0.4, -0.2) is 29.8 Å². The van der Waals surface area contributed by atoms with E-state index in [2.05, 4.69) is 5.32 Å². The summed E-state index contributed by atoms with van der Waals surface area (Å²) in [6.45, 7) is 3.16. The minimum absolute atomic E-state index is 0.0836. The first-order valence-corrected chi connectivity index (χ1v) is 10.6. The molecule has 0 fully saturated rings. The summed E-state index contributed by atoms with van der Waals surface area (Å²) < 4.78 is 18.4. The third-order valence-electron chi connectivity index (χ3n) is 5.52. The van der Waals surface area contributed by atoms with Gasteiger partial charge in [0.05, 0.1) is 28.4 Å². The van der Waals surface area contributed by atoms with Crippen molar-refractivity contribution in [2.24, 2.45) is 0 Å². The smallest absolute Gasteiger partial charge is 0.338 e. The summed E-state index contributed by atoms with van der Waals surface area (Å²) in [5.41, 5.74) is 1.59. The van der Waals surface area contributed by atoms with E-state index in [-0.39, 0.29) is 17.1 Å². The van der Waals surface area contributed by atoms with Crippen LogP contribution in [0.15, 0.2) is 72.8 Å². The Kier molecular flexibility index (Phi) is 6.23. The van der Waals surface area contributed by atoms with Crippen molar-refractivity contribution >= 4 is 29.4 Å². The summed E-state index contributed by atoms with van der Waals surface area (Å²) in [7, 11) is 0. The minimum atomic E-state index is -1.11. The number of nitrogens with zero attached hydrogens (tertiary/aromatic N) is 1. The highest BCUT2D eigenvalue weighted by atomic mass is 19.1. The summed E-state index contributed by atoms with van der Waals surface area (Å²) in [6, 6.07) is 17.7. The number of halogens is 1. The number of carbonyl (C=O) groups is 4. The van der Waals surface area contributed by atoms with Crippen LogP contribution in [0.5, 0.6) is 0 Å². The van der Waals surface area contributed by atoms with Gasteiger partial charge in [-0.1, -0.05) is 30.3 Å². The van der Waals surface area contributed by atoms with Crippen molar-refractivity contribution in [3.05, 3.63) is 101 Å². The van der Waals surface area contributed by atoms with Gasteiger partial charge < -0.3 is 10.1 Å². The Morgan fingerprint density at radius 2 is 1.50 bits per heavy atom. The molecule has 0 aliphatic carbocycles. The van der Waals surface area contributed by atoms with E-state index in [1.54, 1.807) is 49.4 Å². The zero-order chi connectivity index (χ0) is 24.4. The van der Waals surface area contributed by atoms with E-state index in [0.717, 1.165) is 4.90 Å². The number of ether oxygens (including phenoxy) is 1. The molecule has 3 aromatic rings. The van der Waals surface area contributed by atoms with Crippen molar-refractivity contribution in [2.75, 3.05) is 4.90 Å². The first kappa shape index (κ1) is 22.8. The normalized spacial score (nSPS) is 14.4. The first-order chi connectivity index (χ1) is 16.3. The third-order valence-corrected chi connectivity index (χ3v) is 5.52. The molecule has 7 nitrogen and oxygen atoms in total. The fraction of sp³-hybridized carbons (Fsp3) is 0.154. The fourth-order valence-corrected chi connectivity index (χ4v) is 3.64. The van der Waals surface area contributed by atoms with Crippen LogP contribution in [0.4, 0.5) is 10.1 Å². The molecule has 34 heavy (non-hydrogen) atoms. The van der Waals surface area contributed by atoms with Crippen molar-refractivity contribution in [1.82, 2.24) is 5.32 Å². The van der Waals surface area contributed by atoms with Gasteiger partial charge in [0, 0.05) is 0 Å². The highest BCUT2D eigenvalue weighted by molar-refractivity contribution is 6.34. The number of hydrogen-bond acceptors (Lipinski definition) is 5. The second-order valence-electron chi connectivity index (χ2n) is 7.87. The zero-order valence-electron chi connectivity index (χ0n) is 18.4. The summed E-state index contributed by atoms with van der Waals surface area (Å²) in [5, 5.41) is 2.71. The maximum absolute atomic E-state index is 13.1. The Labute approximate surface area is 195 Å². The average molecular weight is 460 g/mol. The van der Waals surface area contributed by atoms with Crippen molar-refractivity contribution in [3.8, 4) is 0 Å². The molecule has 3 amide bonds. The molecule has 8 heteroatoms. The fourth-order valence-electron chi connectivity index (χ4n) is 3.64. The molecule has 2 unspecified atom stereocenters. The van der Waals surface area contributed by atoms with Crippen LogP contribution in [0.2, 0.25) is 0 Å². The van der Waals surface area contributed by atoms with E-state index in [9.17, 15) is 23.6 Å². The molecule has 0 saturated carbocycles. The van der Waals surface area contributed by atoms with Crippen molar-refractivity contribution in [1.29, 1.82) is 0 Å². The van der Waals surface area contributed by atoms with Gasteiger partial charge in [-0.2, -0.15) is 0 Å². The topological polar surface area (TPSA) is 92.8 Å². The zero-order valence-corrected chi connectivity index (χ0v) is 18.4. The summed E-state index contributed by atoms with van der Waals surface area (Å²) in [4.78, 5) is 51.6. The van der Waals surface area contributed by atoms with Crippen LogP contribution in [0.3, 0.4) is 0 Å². The van der Waals surface area contributed by atoms with Gasteiger partial charge in [0.25, 0.3) is 17.7 Å². The Hall–Kier alpha value is -4.33. The van der Waals surface area contributed by atoms with Crippen LogP contribution in [0.25, 0.3) is 0 Å². The third kappa shape index (κ3) is 4.43. The summed E-state index contributed by atoms with van der Waals surface area (Å²) in [6.07, 6.45) is -1.11. The molecule has 172 valence electrons. The number of amides is 3. The van der Waals surface area contributed by atoms with Crippen LogP contribution in [-0.2, 0) is 9.53 Å². The number of fused-ring (bicyclic) bond motifs is 1. The van der Waals surface area contributed by atoms with E-state index in [1.165, 1.54) is 37.3 Å². The number of imide groups is 1. The monoisotopic (exact) mass is 460 g/mol. The molecule has 0 spiro atoms. The molecule has 1 aliphatic heterocycles. The average Bonchev–Trinajstić information content (AvgIpc) is 3.09. The van der Waals surface area contributed by atoms with Crippen molar-refractivity contribution in [2.45, 2.75) is 26.0 Å². The van der Waals surface area contributed by atoms with Gasteiger partial charge in [-0.15, -0.1) is 0 Å². The molecular formula is C26H21FN2O5. The van der Waals surface area contributed by atoms with Gasteiger partial charge in [0.15, 0.2) is 6.10 Å². The van der Waals surface area contributed by atoms with E-state index >= 15 is 0 Å². The second kappa shape index (κ2) is 9.27. The highest BCUT2D eigenvalue weighted by Crippen LogP contribution is 2.29. The van der Waals surface area contributed by atoms with Gasteiger partial charge in [0.1, 0.15) is 5.82 Å². The molecule has 3 aromatic carbocycles. The number of benzene rings is 3. The van der Waals surface area contributed by atoms with Crippen LogP contribution in [0.1, 0.15) is 56.5 Å². The molecule has 0 bridgehead atoms. The van der Waals surface area contributed by atoms with Gasteiger partial charge >= 0.3 is 5.97 Å². The highest BCUT2D eigenvalue weighted by Gasteiger charge is 2.36. The first-order valence-electron chi connectivity index (χ1n) is 10.6. The van der Waals surface area contributed by atoms with Gasteiger partial charge in [-0.25, -0.2) is 14.1 Å². The lowest BCUT2D eigenvalue weighted by molar-refractivity contribution is -0.129. The number of rotatable bonds is 6. The molecule has 0 radical (unpaired) electrons. The second-order valence-corrected chi connectivity index (χ2v) is 7.87. The number of hydrogen-bond donors (Lipinski definition) is 1. The SMILES string of the molecule is CC(OC(=O)c1cccc(N2C(=O)c3ccccc3C2=O)c1)C(=O)NC(C)c1ccc(F)cc1. The number of anilines is 1. The van der Waals surface area contributed by atoms with Crippen LogP contribution in [0, 0.1) is 5.82 Å². The molecule has 0 aromatic heterocycles. The standard InChI is InChI=1S/C26H21FN2O5/c1-15(17-10-12-19(27)13-11-17)28-23(30)16(2)34-26(33)18-6-5-7-20(14-18)29-24(31)21-8-3-4-9-22(21)25(29)32/h3-16H,1-2H3,(H,28,30). The Morgan fingerprint density at radius 1 is 0.882 bits per heavy atom. The largest absolute Gasteiger partial charge is 0.449 e. The maximum Gasteiger partial charge on any atom is 0.338 e. The van der Waals surface area contributed by atoms with E-state index in [4.69, 9.17) is 4.74 Å². The predicted octanol–water partition coefficient (Wildman–Crippen LogP) is 4.05. The lowest BCUT2D eigenvalue weighted by atomic mass is 10.1. The predicted molar refractivity (Wildman–Crippen MR) is 122 cm³/mol.